The van der Waals surface area contributed by atoms with E-state index in [1.54, 1.807) is 6.92 Å². The molecule has 0 aromatic heterocycles. The van der Waals surface area contributed by atoms with E-state index in [-0.39, 0.29) is 17.8 Å². The van der Waals surface area contributed by atoms with E-state index in [1.807, 2.05) is 13.0 Å². The van der Waals surface area contributed by atoms with Crippen LogP contribution in [0.25, 0.3) is 0 Å². The summed E-state index contributed by atoms with van der Waals surface area (Å²) in [5.74, 6) is -0.223. The molecular weight excluding hydrogens is 176 g/mol. The van der Waals surface area contributed by atoms with Crippen molar-refractivity contribution in [3.05, 3.63) is 0 Å². The number of halogens is 1. The Morgan fingerprint density at radius 1 is 1.75 bits per heavy atom. The van der Waals surface area contributed by atoms with Gasteiger partial charge in [0.15, 0.2) is 0 Å². The summed E-state index contributed by atoms with van der Waals surface area (Å²) in [6.45, 7) is 4.25. The Morgan fingerprint density at radius 2 is 2.33 bits per heavy atom. The Balaban J connectivity index is 4.23. The van der Waals surface area contributed by atoms with Crippen molar-refractivity contribution >= 4 is 17.5 Å². The zero-order chi connectivity index (χ0) is 9.56. The zero-order valence-corrected chi connectivity index (χ0v) is 8.14. The predicted molar refractivity (Wildman–Crippen MR) is 47.8 cm³/mol. The van der Waals surface area contributed by atoms with Crippen LogP contribution in [-0.4, -0.2) is 29.3 Å². The van der Waals surface area contributed by atoms with Gasteiger partial charge in [-0.05, 0) is 13.3 Å². The molecule has 12 heavy (non-hydrogen) atoms. The molecule has 0 aliphatic rings. The van der Waals surface area contributed by atoms with Gasteiger partial charge in [0.2, 0.25) is 5.91 Å². The van der Waals surface area contributed by atoms with Gasteiger partial charge < -0.3 is 4.90 Å². The van der Waals surface area contributed by atoms with Gasteiger partial charge in [-0.15, -0.1) is 11.6 Å². The zero-order valence-electron chi connectivity index (χ0n) is 7.38. The summed E-state index contributed by atoms with van der Waals surface area (Å²) in [5, 5.41) is 8.59. The summed E-state index contributed by atoms with van der Waals surface area (Å²) in [6, 6.07) is 1.63. The van der Waals surface area contributed by atoms with Gasteiger partial charge in [-0.2, -0.15) is 5.26 Å². The van der Waals surface area contributed by atoms with Crippen molar-refractivity contribution in [1.29, 1.82) is 5.26 Å². The molecule has 0 fully saturated rings. The van der Waals surface area contributed by atoms with Crippen molar-refractivity contribution < 1.29 is 4.79 Å². The number of amides is 1. The van der Waals surface area contributed by atoms with Crippen LogP contribution in [0.2, 0.25) is 0 Å². The molecule has 1 unspecified atom stereocenters. The number of nitrogens with zero attached hydrogens (tertiary/aromatic N) is 2. The molecule has 1 amide bonds. The van der Waals surface area contributed by atoms with Gasteiger partial charge in [0.25, 0.3) is 0 Å². The maximum atomic E-state index is 11.1. The molecule has 0 aliphatic heterocycles. The van der Waals surface area contributed by atoms with Gasteiger partial charge in [-0.3, -0.25) is 4.79 Å². The number of alkyl halides is 1. The largest absolute Gasteiger partial charge is 0.326 e. The van der Waals surface area contributed by atoms with Crippen molar-refractivity contribution in [2.24, 2.45) is 0 Å². The maximum absolute atomic E-state index is 11.1. The van der Waals surface area contributed by atoms with Gasteiger partial charge in [-0.25, -0.2) is 0 Å². The molecule has 68 valence electrons. The number of hydrogen-bond donors (Lipinski definition) is 0. The second-order valence-corrected chi connectivity index (χ2v) is 2.79. The fourth-order valence-electron chi connectivity index (χ4n) is 0.922. The number of nitriles is 1. The molecule has 0 aliphatic carbocycles. The molecule has 0 saturated carbocycles. The lowest BCUT2D eigenvalue weighted by Crippen LogP contribution is -2.39. The molecular formula is C8H13ClN2O. The standard InChI is InChI=1S/C8H13ClN2O/c1-3-4-11(7(2)6-10)8(12)5-9/h7H,3-5H2,1-2H3. The molecule has 0 aromatic rings. The van der Waals surface area contributed by atoms with Crippen molar-refractivity contribution in [2.75, 3.05) is 12.4 Å². The molecule has 0 saturated heterocycles. The lowest BCUT2D eigenvalue weighted by molar-refractivity contribution is -0.129. The molecule has 0 radical (unpaired) electrons. The first-order chi connectivity index (χ1) is 5.67. The van der Waals surface area contributed by atoms with Gasteiger partial charge in [-0.1, -0.05) is 6.92 Å². The van der Waals surface area contributed by atoms with E-state index in [0.717, 1.165) is 6.42 Å². The molecule has 3 nitrogen and oxygen atoms in total. The first-order valence-corrected chi connectivity index (χ1v) is 4.45. The van der Waals surface area contributed by atoms with Gasteiger partial charge in [0.05, 0.1) is 6.07 Å². The van der Waals surface area contributed by atoms with E-state index < -0.39 is 0 Å². The number of rotatable bonds is 4. The Bertz CT molecular complexity index is 188. The lowest BCUT2D eigenvalue weighted by Gasteiger charge is -2.23. The summed E-state index contributed by atoms with van der Waals surface area (Å²) >= 11 is 5.38. The monoisotopic (exact) mass is 188 g/mol. The highest BCUT2D eigenvalue weighted by Crippen LogP contribution is 2.01. The molecule has 4 heteroatoms. The van der Waals surface area contributed by atoms with Gasteiger partial charge in [0, 0.05) is 6.54 Å². The summed E-state index contributed by atoms with van der Waals surface area (Å²) in [7, 11) is 0. The second-order valence-electron chi connectivity index (χ2n) is 2.53. The second kappa shape index (κ2) is 5.84. The normalized spacial score (nSPS) is 11.8. The van der Waals surface area contributed by atoms with Crippen LogP contribution in [0.4, 0.5) is 0 Å². The van der Waals surface area contributed by atoms with E-state index in [0.29, 0.717) is 6.54 Å². The Hall–Kier alpha value is -0.750. The number of hydrogen-bond acceptors (Lipinski definition) is 2. The van der Waals surface area contributed by atoms with Crippen molar-refractivity contribution in [1.82, 2.24) is 4.90 Å². The molecule has 0 spiro atoms. The van der Waals surface area contributed by atoms with Crippen molar-refractivity contribution in [3.63, 3.8) is 0 Å². The lowest BCUT2D eigenvalue weighted by atomic mass is 10.3. The van der Waals surface area contributed by atoms with E-state index >= 15 is 0 Å². The molecule has 0 bridgehead atoms. The highest BCUT2D eigenvalue weighted by atomic mass is 35.5. The van der Waals surface area contributed by atoms with E-state index in [2.05, 4.69) is 0 Å². The van der Waals surface area contributed by atoms with E-state index in [1.165, 1.54) is 4.90 Å². The van der Waals surface area contributed by atoms with Crippen LogP contribution in [0.1, 0.15) is 20.3 Å². The maximum Gasteiger partial charge on any atom is 0.238 e. The third-order valence-corrected chi connectivity index (χ3v) is 1.78. The predicted octanol–water partition coefficient (Wildman–Crippen LogP) is 1.38. The number of carbonyl (C=O) groups excluding carboxylic acids is 1. The summed E-state index contributed by atoms with van der Waals surface area (Å²) in [6.07, 6.45) is 0.842. The van der Waals surface area contributed by atoms with Crippen LogP contribution in [0.3, 0.4) is 0 Å². The Labute approximate surface area is 77.9 Å². The van der Waals surface area contributed by atoms with Gasteiger partial charge in [0.1, 0.15) is 11.9 Å². The topological polar surface area (TPSA) is 44.1 Å². The fraction of sp³-hybridized carbons (Fsp3) is 0.750. The Morgan fingerprint density at radius 3 is 2.67 bits per heavy atom. The summed E-state index contributed by atoms with van der Waals surface area (Å²) < 4.78 is 0. The molecule has 0 heterocycles. The average molecular weight is 189 g/mol. The third-order valence-electron chi connectivity index (χ3n) is 1.55. The third kappa shape index (κ3) is 3.10. The Kier molecular flexibility index (Phi) is 5.48. The van der Waals surface area contributed by atoms with Crippen molar-refractivity contribution in [3.8, 4) is 6.07 Å². The number of carbonyl (C=O) groups is 1. The van der Waals surface area contributed by atoms with Crippen molar-refractivity contribution in [2.45, 2.75) is 26.3 Å². The van der Waals surface area contributed by atoms with E-state index in [4.69, 9.17) is 16.9 Å². The van der Waals surface area contributed by atoms with Crippen LogP contribution >= 0.6 is 11.6 Å². The average Bonchev–Trinajstić information content (AvgIpc) is 2.11. The highest BCUT2D eigenvalue weighted by molar-refractivity contribution is 6.27. The molecule has 0 aromatic carbocycles. The minimum absolute atomic E-state index is 0.0496. The summed E-state index contributed by atoms with van der Waals surface area (Å²) in [4.78, 5) is 12.6. The highest BCUT2D eigenvalue weighted by Gasteiger charge is 2.17. The van der Waals surface area contributed by atoms with Crippen LogP contribution in [0.15, 0.2) is 0 Å². The minimum Gasteiger partial charge on any atom is -0.326 e. The molecule has 0 N–H and O–H groups in total. The summed E-state index contributed by atoms with van der Waals surface area (Å²) in [5.41, 5.74) is 0. The molecule has 1 atom stereocenters. The fourth-order valence-corrected chi connectivity index (χ4v) is 1.08. The minimum atomic E-state index is -0.379. The molecule has 0 rings (SSSR count). The SMILES string of the molecule is CCCN(C(=O)CCl)C(C)C#N. The first-order valence-electron chi connectivity index (χ1n) is 3.92. The van der Waals surface area contributed by atoms with Gasteiger partial charge >= 0.3 is 0 Å². The van der Waals surface area contributed by atoms with Crippen LogP contribution in [0.5, 0.6) is 0 Å². The smallest absolute Gasteiger partial charge is 0.238 e. The van der Waals surface area contributed by atoms with Crippen LogP contribution in [-0.2, 0) is 4.79 Å². The van der Waals surface area contributed by atoms with E-state index in [9.17, 15) is 4.79 Å². The van der Waals surface area contributed by atoms with Crippen LogP contribution < -0.4 is 0 Å². The first kappa shape index (κ1) is 11.2. The van der Waals surface area contributed by atoms with Crippen LogP contribution in [0, 0.1) is 11.3 Å². The quantitative estimate of drug-likeness (QED) is 0.626.